The van der Waals surface area contributed by atoms with Crippen LogP contribution in [0.3, 0.4) is 0 Å². The van der Waals surface area contributed by atoms with Crippen LogP contribution in [0.25, 0.3) is 5.57 Å². The summed E-state index contributed by atoms with van der Waals surface area (Å²) in [5, 5.41) is 0. The van der Waals surface area contributed by atoms with Crippen LogP contribution in [0.15, 0.2) is 55.1 Å². The van der Waals surface area contributed by atoms with Gasteiger partial charge in [-0.25, -0.2) is 0 Å². The molecule has 1 aromatic rings. The summed E-state index contributed by atoms with van der Waals surface area (Å²) in [5.41, 5.74) is 5.32. The first-order valence-corrected chi connectivity index (χ1v) is 4.84. The minimum absolute atomic E-state index is 0.337. The highest BCUT2D eigenvalue weighted by molar-refractivity contribution is 5.79. The van der Waals surface area contributed by atoms with Gasteiger partial charge >= 0.3 is 0 Å². The van der Waals surface area contributed by atoms with E-state index in [1.807, 2.05) is 12.2 Å². The molecule has 1 aromatic carbocycles. The molecule has 0 aliphatic heterocycles. The fourth-order valence-electron chi connectivity index (χ4n) is 2.20. The van der Waals surface area contributed by atoms with E-state index in [1.165, 1.54) is 22.3 Å². The van der Waals surface area contributed by atoms with Gasteiger partial charge in [0.25, 0.3) is 0 Å². The topological polar surface area (TPSA) is 0 Å². The van der Waals surface area contributed by atoms with Gasteiger partial charge in [0, 0.05) is 5.92 Å². The van der Waals surface area contributed by atoms with Crippen LogP contribution in [-0.2, 0) is 0 Å². The number of fused-ring (bicyclic) bond motifs is 1. The van der Waals surface area contributed by atoms with Gasteiger partial charge in [-0.15, -0.1) is 6.58 Å². The third-order valence-electron chi connectivity index (χ3n) is 2.92. The van der Waals surface area contributed by atoms with E-state index >= 15 is 0 Å². The molecule has 0 aromatic heterocycles. The summed E-state index contributed by atoms with van der Waals surface area (Å²) < 4.78 is 0. The fraction of sp³-hybridized carbons (Fsp3) is 0.143. The molecule has 0 heterocycles. The second-order valence-electron chi connectivity index (χ2n) is 3.59. The van der Waals surface area contributed by atoms with Crippen molar-refractivity contribution in [3.63, 3.8) is 0 Å². The largest absolute Gasteiger partial charge is 0.102 e. The Morgan fingerprint density at radius 1 is 1.21 bits per heavy atom. The van der Waals surface area contributed by atoms with E-state index in [9.17, 15) is 0 Å². The second-order valence-corrected chi connectivity index (χ2v) is 3.59. The summed E-state index contributed by atoms with van der Waals surface area (Å²) in [6.07, 6.45) is 3.94. The van der Waals surface area contributed by atoms with Crippen molar-refractivity contribution in [3.8, 4) is 0 Å². The van der Waals surface area contributed by atoms with Gasteiger partial charge in [-0.1, -0.05) is 43.0 Å². The number of allylic oxidation sites excluding steroid dienone is 4. The van der Waals surface area contributed by atoms with E-state index in [0.29, 0.717) is 5.92 Å². The highest BCUT2D eigenvalue weighted by atomic mass is 14.3. The first kappa shape index (κ1) is 9.01. The Morgan fingerprint density at radius 2 is 1.93 bits per heavy atom. The average Bonchev–Trinajstić information content (AvgIpc) is 2.51. The highest BCUT2D eigenvalue weighted by Gasteiger charge is 2.24. The van der Waals surface area contributed by atoms with Crippen LogP contribution in [0.1, 0.15) is 24.0 Å². The maximum absolute atomic E-state index is 3.89. The number of benzene rings is 1. The van der Waals surface area contributed by atoms with Crippen LogP contribution in [-0.4, -0.2) is 0 Å². The molecule has 0 nitrogen and oxygen atoms in total. The van der Waals surface area contributed by atoms with E-state index < -0.39 is 0 Å². The summed E-state index contributed by atoms with van der Waals surface area (Å²) in [4.78, 5) is 0. The lowest BCUT2D eigenvalue weighted by molar-refractivity contribution is 1.06. The summed E-state index contributed by atoms with van der Waals surface area (Å²) >= 11 is 0. The third kappa shape index (κ3) is 1.07. The fourth-order valence-corrected chi connectivity index (χ4v) is 2.20. The van der Waals surface area contributed by atoms with Crippen LogP contribution < -0.4 is 0 Å². The molecule has 0 N–H and O–H groups in total. The van der Waals surface area contributed by atoms with E-state index in [0.717, 1.165) is 0 Å². The Balaban J connectivity index is 2.66. The molecule has 0 saturated heterocycles. The van der Waals surface area contributed by atoms with Crippen molar-refractivity contribution in [1.29, 1.82) is 0 Å². The van der Waals surface area contributed by atoms with Crippen molar-refractivity contribution in [2.24, 2.45) is 0 Å². The highest BCUT2D eigenvalue weighted by Crippen LogP contribution is 2.42. The van der Waals surface area contributed by atoms with Crippen molar-refractivity contribution < 1.29 is 0 Å². The standard InChI is InChI=1S/C14H14/c1-4-11-10(3)13-8-6-7-9-14(13)12(11)5-2/h4-9,12H,1-2H2,3H3. The molecule has 0 heteroatoms. The van der Waals surface area contributed by atoms with Gasteiger partial charge in [-0.2, -0.15) is 0 Å². The quantitative estimate of drug-likeness (QED) is 0.608. The summed E-state index contributed by atoms with van der Waals surface area (Å²) in [7, 11) is 0. The van der Waals surface area contributed by atoms with Crippen LogP contribution in [0.2, 0.25) is 0 Å². The van der Waals surface area contributed by atoms with Crippen molar-refractivity contribution in [2.45, 2.75) is 12.8 Å². The molecule has 1 aliphatic carbocycles. The summed E-state index contributed by atoms with van der Waals surface area (Å²) in [6, 6.07) is 8.49. The van der Waals surface area contributed by atoms with Gasteiger partial charge in [-0.3, -0.25) is 0 Å². The molecule has 70 valence electrons. The molecule has 14 heavy (non-hydrogen) atoms. The van der Waals surface area contributed by atoms with Crippen molar-refractivity contribution in [2.75, 3.05) is 0 Å². The smallest absolute Gasteiger partial charge is 0.0275 e. The molecular weight excluding hydrogens is 168 g/mol. The molecule has 2 rings (SSSR count). The van der Waals surface area contributed by atoms with Crippen molar-refractivity contribution in [3.05, 3.63) is 66.3 Å². The van der Waals surface area contributed by atoms with Gasteiger partial charge in [0.15, 0.2) is 0 Å². The molecule has 0 saturated carbocycles. The Morgan fingerprint density at radius 3 is 2.57 bits per heavy atom. The molecular formula is C14H14. The van der Waals surface area contributed by atoms with Gasteiger partial charge < -0.3 is 0 Å². The molecule has 1 aliphatic rings. The SMILES string of the molecule is C=CC1=C(C)c2ccccc2C1C=C. The lowest BCUT2D eigenvalue weighted by atomic mass is 9.96. The zero-order valence-electron chi connectivity index (χ0n) is 8.46. The molecule has 0 amide bonds. The lowest BCUT2D eigenvalue weighted by Gasteiger charge is -2.07. The minimum atomic E-state index is 0.337. The molecule has 0 fully saturated rings. The Hall–Kier alpha value is -1.56. The third-order valence-corrected chi connectivity index (χ3v) is 2.92. The summed E-state index contributed by atoms with van der Waals surface area (Å²) in [6.45, 7) is 9.91. The summed E-state index contributed by atoms with van der Waals surface area (Å²) in [5.74, 6) is 0.337. The lowest BCUT2D eigenvalue weighted by Crippen LogP contribution is -1.91. The van der Waals surface area contributed by atoms with Crippen LogP contribution in [0.4, 0.5) is 0 Å². The molecule has 0 bridgehead atoms. The Kier molecular flexibility index (Phi) is 2.12. The predicted octanol–water partition coefficient (Wildman–Crippen LogP) is 3.93. The zero-order valence-corrected chi connectivity index (χ0v) is 8.46. The Bertz CT molecular complexity index is 421. The first-order chi connectivity index (χ1) is 6.79. The van der Waals surface area contributed by atoms with E-state index in [2.05, 4.69) is 44.3 Å². The molecule has 1 atom stereocenters. The molecule has 1 unspecified atom stereocenters. The normalized spacial score (nSPS) is 19.4. The monoisotopic (exact) mass is 182 g/mol. The van der Waals surface area contributed by atoms with Crippen LogP contribution in [0.5, 0.6) is 0 Å². The zero-order chi connectivity index (χ0) is 10.1. The van der Waals surface area contributed by atoms with E-state index in [1.54, 1.807) is 0 Å². The van der Waals surface area contributed by atoms with Gasteiger partial charge in [0.1, 0.15) is 0 Å². The Labute approximate surface area is 85.3 Å². The van der Waals surface area contributed by atoms with Crippen molar-refractivity contribution in [1.82, 2.24) is 0 Å². The second kappa shape index (κ2) is 3.30. The van der Waals surface area contributed by atoms with E-state index in [4.69, 9.17) is 0 Å². The number of rotatable bonds is 2. The molecule has 0 spiro atoms. The van der Waals surface area contributed by atoms with Gasteiger partial charge in [-0.05, 0) is 29.2 Å². The van der Waals surface area contributed by atoms with Crippen LogP contribution >= 0.6 is 0 Å². The van der Waals surface area contributed by atoms with Crippen molar-refractivity contribution >= 4 is 5.57 Å². The van der Waals surface area contributed by atoms with Crippen LogP contribution in [0, 0.1) is 0 Å². The maximum atomic E-state index is 3.89. The predicted molar refractivity (Wildman–Crippen MR) is 62.2 cm³/mol. The molecule has 0 radical (unpaired) electrons. The number of hydrogen-bond acceptors (Lipinski definition) is 0. The van der Waals surface area contributed by atoms with E-state index in [-0.39, 0.29) is 0 Å². The maximum Gasteiger partial charge on any atom is 0.0275 e. The van der Waals surface area contributed by atoms with Gasteiger partial charge in [0.2, 0.25) is 0 Å². The average molecular weight is 182 g/mol. The number of hydrogen-bond donors (Lipinski definition) is 0. The van der Waals surface area contributed by atoms with Gasteiger partial charge in [0.05, 0.1) is 0 Å². The minimum Gasteiger partial charge on any atom is -0.102 e. The first-order valence-electron chi connectivity index (χ1n) is 4.84.